The zero-order chi connectivity index (χ0) is 17.4. The van der Waals surface area contributed by atoms with Crippen LogP contribution in [0.25, 0.3) is 22.2 Å². The number of anilines is 2. The summed E-state index contributed by atoms with van der Waals surface area (Å²) in [5.41, 5.74) is 2.14. The Balaban J connectivity index is 1.69. The fourth-order valence-electron chi connectivity index (χ4n) is 2.38. The fourth-order valence-corrected chi connectivity index (χ4v) is 3.76. The normalized spacial score (nSPS) is 11.0. The molecule has 2 aromatic heterocycles. The fraction of sp³-hybridized carbons (Fsp3) is 0. The van der Waals surface area contributed by atoms with Crippen LogP contribution >= 0.6 is 43.2 Å². The summed E-state index contributed by atoms with van der Waals surface area (Å²) >= 11 is 8.28. The summed E-state index contributed by atoms with van der Waals surface area (Å²) in [7, 11) is 0. The van der Waals surface area contributed by atoms with Crippen LogP contribution in [0.2, 0.25) is 0 Å². The van der Waals surface area contributed by atoms with E-state index >= 15 is 0 Å². The van der Waals surface area contributed by atoms with E-state index in [0.717, 1.165) is 20.0 Å². The highest BCUT2D eigenvalue weighted by molar-refractivity contribution is 9.10. The average molecular weight is 478 g/mol. The molecule has 124 valence electrons. The molecule has 4 nitrogen and oxygen atoms in total. The minimum atomic E-state index is -0.393. The van der Waals surface area contributed by atoms with Crippen molar-refractivity contribution in [2.45, 2.75) is 0 Å². The zero-order valence-corrected chi connectivity index (χ0v) is 16.6. The maximum atomic E-state index is 12.3. The summed E-state index contributed by atoms with van der Waals surface area (Å²) in [5, 5.41) is 6.64. The molecule has 4 rings (SSSR count). The molecule has 0 aliphatic rings. The van der Waals surface area contributed by atoms with Crippen LogP contribution in [0.3, 0.4) is 0 Å². The Kier molecular flexibility index (Phi) is 4.45. The highest BCUT2D eigenvalue weighted by Crippen LogP contribution is 2.28. The van der Waals surface area contributed by atoms with Gasteiger partial charge in [0.1, 0.15) is 5.58 Å². The molecule has 0 aliphatic carbocycles. The van der Waals surface area contributed by atoms with Gasteiger partial charge in [-0.1, -0.05) is 31.9 Å². The molecule has 0 unspecified atom stereocenters. The van der Waals surface area contributed by atoms with Gasteiger partial charge in [-0.25, -0.2) is 9.78 Å². The molecule has 1 N–H and O–H groups in total. The second-order valence-electron chi connectivity index (χ2n) is 5.30. The molecule has 0 amide bonds. The zero-order valence-electron chi connectivity index (χ0n) is 12.6. The van der Waals surface area contributed by atoms with E-state index < -0.39 is 5.63 Å². The van der Waals surface area contributed by atoms with Crippen LogP contribution in [0.5, 0.6) is 0 Å². The van der Waals surface area contributed by atoms with Gasteiger partial charge in [-0.3, -0.25) is 0 Å². The molecule has 0 saturated carbocycles. The number of thiazole rings is 1. The second kappa shape index (κ2) is 6.74. The van der Waals surface area contributed by atoms with E-state index in [4.69, 9.17) is 4.42 Å². The first-order chi connectivity index (χ1) is 12.1. The molecule has 25 heavy (non-hydrogen) atoms. The van der Waals surface area contributed by atoms with Crippen molar-refractivity contribution in [2.75, 3.05) is 5.32 Å². The van der Waals surface area contributed by atoms with Crippen molar-refractivity contribution in [1.82, 2.24) is 4.98 Å². The van der Waals surface area contributed by atoms with Crippen LogP contribution in [0.15, 0.2) is 72.1 Å². The lowest BCUT2D eigenvalue weighted by Crippen LogP contribution is -2.03. The van der Waals surface area contributed by atoms with Crippen LogP contribution in [-0.4, -0.2) is 4.98 Å². The van der Waals surface area contributed by atoms with E-state index in [1.807, 2.05) is 47.8 Å². The lowest BCUT2D eigenvalue weighted by molar-refractivity contribution is 0.563. The van der Waals surface area contributed by atoms with Gasteiger partial charge in [0.2, 0.25) is 0 Å². The predicted molar refractivity (Wildman–Crippen MR) is 109 cm³/mol. The van der Waals surface area contributed by atoms with Crippen molar-refractivity contribution in [1.29, 1.82) is 0 Å². The first-order valence-electron chi connectivity index (χ1n) is 7.30. The molecule has 0 atom stereocenters. The summed E-state index contributed by atoms with van der Waals surface area (Å²) in [6.45, 7) is 0. The van der Waals surface area contributed by atoms with Gasteiger partial charge >= 0.3 is 5.63 Å². The molecule has 0 aliphatic heterocycles. The highest BCUT2D eigenvalue weighted by Gasteiger charge is 2.12. The number of nitrogens with zero attached hydrogens (tertiary/aromatic N) is 1. The third-order valence-electron chi connectivity index (χ3n) is 3.57. The largest absolute Gasteiger partial charge is 0.422 e. The van der Waals surface area contributed by atoms with E-state index in [0.29, 0.717) is 22.0 Å². The maximum Gasteiger partial charge on any atom is 0.345 e. The van der Waals surface area contributed by atoms with Crippen LogP contribution in [0.1, 0.15) is 0 Å². The van der Waals surface area contributed by atoms with Gasteiger partial charge in [0, 0.05) is 25.4 Å². The molecular formula is C18H10Br2N2O2S. The highest BCUT2D eigenvalue weighted by atomic mass is 79.9. The summed E-state index contributed by atoms with van der Waals surface area (Å²) in [4.78, 5) is 16.8. The Morgan fingerprint density at radius 2 is 1.76 bits per heavy atom. The van der Waals surface area contributed by atoms with Crippen LogP contribution in [0.4, 0.5) is 10.8 Å². The SMILES string of the molecule is O=c1oc2ccc(Br)cc2cc1-c1csc(Nc2ccc(Br)cc2)n1. The number of fused-ring (bicyclic) bond motifs is 1. The first-order valence-corrected chi connectivity index (χ1v) is 9.77. The standard InChI is InChI=1S/C18H10Br2N2O2S/c19-11-1-4-13(5-2-11)21-18-22-15(9-25-18)14-8-10-7-12(20)3-6-16(10)24-17(14)23/h1-9H,(H,21,22). The Morgan fingerprint density at radius 1 is 1.00 bits per heavy atom. The number of rotatable bonds is 3. The van der Waals surface area contributed by atoms with Crippen molar-refractivity contribution >= 4 is 65.0 Å². The van der Waals surface area contributed by atoms with Crippen LogP contribution in [0, 0.1) is 0 Å². The van der Waals surface area contributed by atoms with Gasteiger partial charge in [-0.15, -0.1) is 11.3 Å². The molecule has 0 saturated heterocycles. The third kappa shape index (κ3) is 3.53. The molecule has 0 fully saturated rings. The summed E-state index contributed by atoms with van der Waals surface area (Å²) in [6.07, 6.45) is 0. The second-order valence-corrected chi connectivity index (χ2v) is 7.99. The van der Waals surface area contributed by atoms with Gasteiger partial charge in [-0.05, 0) is 48.5 Å². The number of aromatic nitrogens is 1. The summed E-state index contributed by atoms with van der Waals surface area (Å²) in [6, 6.07) is 15.1. The number of nitrogens with one attached hydrogen (secondary N) is 1. The van der Waals surface area contributed by atoms with Gasteiger partial charge in [-0.2, -0.15) is 0 Å². The third-order valence-corrected chi connectivity index (χ3v) is 5.35. The summed E-state index contributed by atoms with van der Waals surface area (Å²) in [5.74, 6) is 0. The molecule has 2 aromatic carbocycles. The maximum absolute atomic E-state index is 12.3. The molecule has 0 bridgehead atoms. The first kappa shape index (κ1) is 16.5. The number of halogens is 2. The Labute approximate surface area is 163 Å². The monoisotopic (exact) mass is 476 g/mol. The topological polar surface area (TPSA) is 55.1 Å². The molecule has 0 spiro atoms. The Bertz CT molecular complexity index is 1120. The average Bonchev–Trinajstić information content (AvgIpc) is 3.05. The van der Waals surface area contributed by atoms with Crippen LogP contribution < -0.4 is 10.9 Å². The lowest BCUT2D eigenvalue weighted by Gasteiger charge is -2.02. The van der Waals surface area contributed by atoms with Crippen molar-refractivity contribution in [2.24, 2.45) is 0 Å². The molecule has 2 heterocycles. The lowest BCUT2D eigenvalue weighted by atomic mass is 10.1. The van der Waals surface area contributed by atoms with Crippen molar-refractivity contribution < 1.29 is 4.42 Å². The molecular weight excluding hydrogens is 468 g/mol. The number of hydrogen-bond acceptors (Lipinski definition) is 5. The number of hydrogen-bond donors (Lipinski definition) is 1. The Morgan fingerprint density at radius 3 is 2.56 bits per heavy atom. The van der Waals surface area contributed by atoms with E-state index in [1.165, 1.54) is 11.3 Å². The van der Waals surface area contributed by atoms with Crippen LogP contribution in [-0.2, 0) is 0 Å². The molecule has 7 heteroatoms. The van der Waals surface area contributed by atoms with E-state index in [-0.39, 0.29) is 0 Å². The quantitative estimate of drug-likeness (QED) is 0.357. The van der Waals surface area contributed by atoms with Gasteiger partial charge in [0.25, 0.3) is 0 Å². The van der Waals surface area contributed by atoms with Gasteiger partial charge in [0.15, 0.2) is 5.13 Å². The minimum absolute atomic E-state index is 0.393. The van der Waals surface area contributed by atoms with Crippen molar-refractivity contribution in [3.05, 3.63) is 73.3 Å². The minimum Gasteiger partial charge on any atom is -0.422 e. The van der Waals surface area contributed by atoms with Gasteiger partial charge in [0.05, 0.1) is 11.3 Å². The predicted octanol–water partition coefficient (Wildman–Crippen LogP) is 6.19. The summed E-state index contributed by atoms with van der Waals surface area (Å²) < 4.78 is 7.34. The van der Waals surface area contributed by atoms with Crippen molar-refractivity contribution in [3.8, 4) is 11.3 Å². The number of benzene rings is 2. The molecule has 0 radical (unpaired) electrons. The van der Waals surface area contributed by atoms with E-state index in [1.54, 1.807) is 6.07 Å². The van der Waals surface area contributed by atoms with Crippen molar-refractivity contribution in [3.63, 3.8) is 0 Å². The van der Waals surface area contributed by atoms with Gasteiger partial charge < -0.3 is 9.73 Å². The van der Waals surface area contributed by atoms with E-state index in [2.05, 4.69) is 42.2 Å². The van der Waals surface area contributed by atoms with E-state index in [9.17, 15) is 4.79 Å². The smallest absolute Gasteiger partial charge is 0.345 e. The Hall–Kier alpha value is -1.96. The molecule has 4 aromatic rings.